The summed E-state index contributed by atoms with van der Waals surface area (Å²) in [6.45, 7) is 28.5. The second-order valence-electron chi connectivity index (χ2n) is 0. The largest absolute Gasteiger partial charge is 6.00 e. The van der Waals surface area contributed by atoms with Gasteiger partial charge in [-0.3, -0.25) is 0 Å². The van der Waals surface area contributed by atoms with Crippen molar-refractivity contribution in [1.82, 2.24) is 0 Å². The van der Waals surface area contributed by atoms with Gasteiger partial charge in [-0.25, -0.2) is 0 Å². The Morgan fingerprint density at radius 3 is 0.500 bits per heavy atom. The molecule has 0 unspecified atom stereocenters. The van der Waals surface area contributed by atoms with E-state index in [9.17, 15) is 0 Å². The van der Waals surface area contributed by atoms with E-state index in [1.807, 2.05) is 0 Å². The van der Waals surface area contributed by atoms with Crippen LogP contribution < -0.4 is 29.6 Å². The van der Waals surface area contributed by atoms with Gasteiger partial charge in [-0.2, -0.15) is 0 Å². The van der Waals surface area contributed by atoms with Crippen LogP contribution in [-0.4, -0.2) is 0 Å². The average molecular weight is 347 g/mol. The maximum absolute atomic E-state index is 6.25. The molecule has 0 rings (SSSR count). The van der Waals surface area contributed by atoms with Gasteiger partial charge in [0.2, 0.25) is 0 Å². The summed E-state index contributed by atoms with van der Waals surface area (Å²) >= 11 is 0. The molecule has 0 aliphatic rings. The van der Waals surface area contributed by atoms with E-state index in [2.05, 4.69) is 0 Å². The van der Waals surface area contributed by atoms with E-state index in [1.54, 1.807) is 0 Å². The van der Waals surface area contributed by atoms with Crippen molar-refractivity contribution in [3.05, 3.63) is 39.4 Å². The van der Waals surface area contributed by atoms with E-state index in [4.69, 9.17) is 71.0 Å². The number of rotatable bonds is 0. The fraction of sp³-hybridized carbons (Fsp3) is 0. The van der Waals surface area contributed by atoms with Gasteiger partial charge < -0.3 is 72.4 Å². The van der Waals surface area contributed by atoms with Crippen LogP contribution in [0.4, 0.5) is 0 Å². The minimum Gasteiger partial charge on any atom is -1.00 e. The van der Waals surface area contributed by atoms with Crippen LogP contribution in [0.15, 0.2) is 0 Å². The van der Waals surface area contributed by atoms with Crippen LogP contribution in [0.2, 0.25) is 0 Å². The van der Waals surface area contributed by atoms with Crippen LogP contribution in [0.1, 0.15) is 1.43 Å². The van der Waals surface area contributed by atoms with Crippen molar-refractivity contribution in [2.24, 2.45) is 0 Å². The van der Waals surface area contributed by atoms with Crippen molar-refractivity contribution in [2.45, 2.75) is 0 Å². The molecular formula is C6HFe2MnN6Na. The van der Waals surface area contributed by atoms with Crippen molar-refractivity contribution in [2.75, 3.05) is 0 Å². The Morgan fingerprint density at radius 1 is 0.500 bits per heavy atom. The molecule has 16 heavy (non-hydrogen) atoms. The van der Waals surface area contributed by atoms with Crippen LogP contribution in [0.3, 0.4) is 0 Å². The topological polar surface area (TPSA) is 143 Å². The molecule has 0 aliphatic heterocycles. The van der Waals surface area contributed by atoms with Gasteiger partial charge in [0.1, 0.15) is 0 Å². The zero-order valence-corrected chi connectivity index (χ0v) is 13.2. The first-order chi connectivity index (χ1) is 6.00. The number of nitrogens with zero attached hydrogens (tertiary/aromatic N) is 6. The van der Waals surface area contributed by atoms with E-state index in [0.717, 1.165) is 0 Å². The maximum Gasteiger partial charge on any atom is 6.00 e. The molecule has 0 saturated carbocycles. The van der Waals surface area contributed by atoms with Crippen LogP contribution in [0, 0.1) is 71.0 Å². The SMILES string of the molecule is [C-]#N.[C-]#N.[C-]#N.[C-]#N.[C-]#N.[C-]#N.[Fe+6].[Fe].[H-].[Mn].[Na+]. The molecule has 0 atom stereocenters. The average Bonchev–Trinajstić information content (AvgIpc) is 2.33. The molecule has 79 valence electrons. The summed E-state index contributed by atoms with van der Waals surface area (Å²) in [7, 11) is 0. The summed E-state index contributed by atoms with van der Waals surface area (Å²) < 4.78 is 0. The standard InChI is InChI=1S/6CN.2Fe.Mn.Na.H/c6*1-2;;;;;/q6*-1;;+6;;+1;-1. The Balaban J connectivity index is -0.00000000267. The van der Waals surface area contributed by atoms with Gasteiger partial charge in [0.15, 0.2) is 0 Å². The molecule has 0 aromatic heterocycles. The molecule has 0 N–H and O–H groups in total. The van der Waals surface area contributed by atoms with Crippen molar-refractivity contribution >= 4 is 0 Å². The smallest absolute Gasteiger partial charge is 1.00 e. The molecule has 0 amide bonds. The summed E-state index contributed by atoms with van der Waals surface area (Å²) in [4.78, 5) is 0. The molecule has 0 aliphatic carbocycles. The summed E-state index contributed by atoms with van der Waals surface area (Å²) in [6, 6.07) is 0. The van der Waals surface area contributed by atoms with Crippen LogP contribution in [-0.2, 0) is 51.2 Å². The summed E-state index contributed by atoms with van der Waals surface area (Å²) in [6.07, 6.45) is 0. The zero-order chi connectivity index (χ0) is 12.0. The van der Waals surface area contributed by atoms with Gasteiger partial charge in [-0.05, 0) is 0 Å². The summed E-state index contributed by atoms with van der Waals surface area (Å²) in [5.41, 5.74) is 0. The Kier molecular flexibility index (Phi) is 70700. The third-order valence-corrected chi connectivity index (χ3v) is 0. The minimum atomic E-state index is 0. The maximum atomic E-state index is 6.25. The monoisotopic (exact) mass is 347 g/mol. The predicted molar refractivity (Wildman–Crippen MR) is 30.9 cm³/mol. The van der Waals surface area contributed by atoms with E-state index >= 15 is 0 Å². The molecule has 0 heterocycles. The fourth-order valence-electron chi connectivity index (χ4n) is 0. The summed E-state index contributed by atoms with van der Waals surface area (Å²) in [5, 5.41) is 37.5. The van der Waals surface area contributed by atoms with Gasteiger partial charge >= 0.3 is 46.6 Å². The second-order valence-corrected chi connectivity index (χ2v) is 0. The van der Waals surface area contributed by atoms with Crippen molar-refractivity contribution in [3.8, 4) is 0 Å². The Bertz CT molecular complexity index is 112. The van der Waals surface area contributed by atoms with Crippen LogP contribution in [0.5, 0.6) is 0 Å². The molecular weight excluding hydrogens is 346 g/mol. The predicted octanol–water partition coefficient (Wildman–Crippen LogP) is -2.31. The van der Waals surface area contributed by atoms with E-state index in [-0.39, 0.29) is 82.2 Å². The Labute approximate surface area is 152 Å². The molecule has 0 aromatic rings. The van der Waals surface area contributed by atoms with Crippen molar-refractivity contribution in [3.63, 3.8) is 0 Å². The Morgan fingerprint density at radius 2 is 0.500 bits per heavy atom. The zero-order valence-electron chi connectivity index (χ0n) is 8.77. The minimum absolute atomic E-state index is 0. The first-order valence-corrected chi connectivity index (χ1v) is 1.34. The number of hydrogen-bond donors (Lipinski definition) is 0. The molecule has 0 spiro atoms. The number of hydrogen-bond acceptors (Lipinski definition) is 6. The third-order valence-electron chi connectivity index (χ3n) is 0. The fourth-order valence-corrected chi connectivity index (χ4v) is 0. The second kappa shape index (κ2) is 10500. The van der Waals surface area contributed by atoms with E-state index in [1.165, 1.54) is 0 Å². The summed E-state index contributed by atoms with van der Waals surface area (Å²) in [5.74, 6) is 0. The van der Waals surface area contributed by atoms with Gasteiger partial charge in [0.25, 0.3) is 0 Å². The molecule has 10 heteroatoms. The molecule has 1 radical (unpaired) electrons. The van der Waals surface area contributed by atoms with Crippen molar-refractivity contribution in [1.29, 1.82) is 31.6 Å². The van der Waals surface area contributed by atoms with Gasteiger partial charge in [0.05, 0.1) is 0 Å². The molecule has 0 fully saturated rings. The quantitative estimate of drug-likeness (QED) is 0.356. The van der Waals surface area contributed by atoms with Gasteiger partial charge in [-0.1, -0.05) is 0 Å². The van der Waals surface area contributed by atoms with Crippen molar-refractivity contribution < 1.29 is 82.2 Å². The molecule has 6 nitrogen and oxygen atoms in total. The molecule has 0 aromatic carbocycles. The first kappa shape index (κ1) is 108. The van der Waals surface area contributed by atoms with E-state index < -0.39 is 0 Å². The van der Waals surface area contributed by atoms with Crippen LogP contribution in [0.25, 0.3) is 0 Å². The Hall–Kier alpha value is -0.502. The molecule has 0 bridgehead atoms. The van der Waals surface area contributed by atoms with Gasteiger partial charge in [0, 0.05) is 34.1 Å². The molecule has 0 saturated heterocycles. The van der Waals surface area contributed by atoms with Crippen LogP contribution >= 0.6 is 0 Å². The normalized spacial score (nSPS) is 0.750. The van der Waals surface area contributed by atoms with E-state index in [0.29, 0.717) is 0 Å². The van der Waals surface area contributed by atoms with Gasteiger partial charge in [-0.15, -0.1) is 0 Å². The third kappa shape index (κ3) is 8380. The first-order valence-electron chi connectivity index (χ1n) is 1.34.